The molecule has 5 nitrogen and oxygen atoms in total. The van der Waals surface area contributed by atoms with E-state index < -0.39 is 10.0 Å². The van der Waals surface area contributed by atoms with Crippen LogP contribution in [0.15, 0.2) is 23.1 Å². The van der Waals surface area contributed by atoms with Gasteiger partial charge in [0.15, 0.2) is 0 Å². The van der Waals surface area contributed by atoms with Crippen LogP contribution in [0.3, 0.4) is 0 Å². The molecule has 0 aromatic heterocycles. The summed E-state index contributed by atoms with van der Waals surface area (Å²) in [5.41, 5.74) is 6.29. The van der Waals surface area contributed by atoms with Crippen LogP contribution in [0.5, 0.6) is 5.75 Å². The number of benzene rings is 1. The molecular formula is C13H22N2O3S. The van der Waals surface area contributed by atoms with E-state index in [0.717, 1.165) is 0 Å². The first kappa shape index (κ1) is 15.9. The second kappa shape index (κ2) is 6.36. The molecule has 0 spiro atoms. The molecule has 108 valence electrons. The summed E-state index contributed by atoms with van der Waals surface area (Å²) >= 11 is 0. The average Bonchev–Trinajstić information content (AvgIpc) is 2.36. The fraction of sp³-hybridized carbons (Fsp3) is 0.538. The van der Waals surface area contributed by atoms with Crippen LogP contribution in [0.1, 0.15) is 19.4 Å². The van der Waals surface area contributed by atoms with Crippen LogP contribution in [0.4, 0.5) is 0 Å². The summed E-state index contributed by atoms with van der Waals surface area (Å²) in [4.78, 5) is 0.247. The molecule has 1 aromatic carbocycles. The molecule has 0 heterocycles. The Morgan fingerprint density at radius 2 is 2.00 bits per heavy atom. The highest BCUT2D eigenvalue weighted by atomic mass is 32.2. The van der Waals surface area contributed by atoms with Crippen molar-refractivity contribution in [1.29, 1.82) is 0 Å². The number of ether oxygens (including phenoxy) is 1. The third-order valence-corrected chi connectivity index (χ3v) is 4.62. The van der Waals surface area contributed by atoms with Crippen molar-refractivity contribution in [2.45, 2.75) is 25.3 Å². The van der Waals surface area contributed by atoms with Crippen LogP contribution in [0.25, 0.3) is 0 Å². The molecule has 0 bridgehead atoms. The Labute approximate surface area is 115 Å². The summed E-state index contributed by atoms with van der Waals surface area (Å²) in [6.07, 6.45) is 0. The van der Waals surface area contributed by atoms with Crippen LogP contribution < -0.4 is 10.5 Å². The largest absolute Gasteiger partial charge is 0.496 e. The van der Waals surface area contributed by atoms with Crippen molar-refractivity contribution >= 4 is 10.0 Å². The minimum Gasteiger partial charge on any atom is -0.496 e. The Morgan fingerprint density at radius 1 is 1.37 bits per heavy atom. The number of hydrogen-bond donors (Lipinski definition) is 1. The molecule has 0 radical (unpaired) electrons. The average molecular weight is 286 g/mol. The molecule has 0 aliphatic rings. The molecule has 0 atom stereocenters. The second-order valence-corrected chi connectivity index (χ2v) is 6.90. The Hall–Kier alpha value is -1.11. The Kier molecular flexibility index (Phi) is 5.34. The standard InChI is InChI=1S/C13H22N2O3S/c1-10(2)9-15(3)19(16,17)12-5-6-13(18-4)11(7-12)8-14/h5-7,10H,8-9,14H2,1-4H3. The van der Waals surface area contributed by atoms with Gasteiger partial charge in [0.1, 0.15) is 5.75 Å². The van der Waals surface area contributed by atoms with E-state index in [9.17, 15) is 8.42 Å². The molecule has 19 heavy (non-hydrogen) atoms. The number of nitrogens with zero attached hydrogens (tertiary/aromatic N) is 1. The predicted molar refractivity (Wildman–Crippen MR) is 75.5 cm³/mol. The lowest BCUT2D eigenvalue weighted by Gasteiger charge is -2.20. The van der Waals surface area contributed by atoms with Gasteiger partial charge in [-0.1, -0.05) is 13.8 Å². The van der Waals surface area contributed by atoms with Gasteiger partial charge in [0.2, 0.25) is 10.0 Å². The highest BCUT2D eigenvalue weighted by Gasteiger charge is 2.22. The van der Waals surface area contributed by atoms with Crippen molar-refractivity contribution in [3.05, 3.63) is 23.8 Å². The van der Waals surface area contributed by atoms with Crippen molar-refractivity contribution < 1.29 is 13.2 Å². The summed E-state index contributed by atoms with van der Waals surface area (Å²) in [6, 6.07) is 4.76. The molecule has 6 heteroatoms. The maximum absolute atomic E-state index is 12.4. The lowest BCUT2D eigenvalue weighted by Crippen LogP contribution is -2.30. The van der Waals surface area contributed by atoms with Gasteiger partial charge in [-0.15, -0.1) is 0 Å². The van der Waals surface area contributed by atoms with E-state index in [-0.39, 0.29) is 17.4 Å². The quantitative estimate of drug-likeness (QED) is 0.858. The predicted octanol–water partition coefficient (Wildman–Crippen LogP) is 1.43. The van der Waals surface area contributed by atoms with Gasteiger partial charge >= 0.3 is 0 Å². The number of methoxy groups -OCH3 is 1. The van der Waals surface area contributed by atoms with E-state index >= 15 is 0 Å². The van der Waals surface area contributed by atoms with Crippen molar-refractivity contribution in [3.63, 3.8) is 0 Å². The Balaban J connectivity index is 3.15. The summed E-state index contributed by atoms with van der Waals surface area (Å²) < 4.78 is 31.3. The van der Waals surface area contributed by atoms with Crippen molar-refractivity contribution in [2.75, 3.05) is 20.7 Å². The van der Waals surface area contributed by atoms with Crippen LogP contribution in [-0.4, -0.2) is 33.4 Å². The van der Waals surface area contributed by atoms with Gasteiger partial charge in [-0.25, -0.2) is 12.7 Å². The molecule has 0 amide bonds. The fourth-order valence-electron chi connectivity index (χ4n) is 1.87. The zero-order chi connectivity index (χ0) is 14.6. The maximum atomic E-state index is 12.4. The molecule has 0 saturated carbocycles. The smallest absolute Gasteiger partial charge is 0.242 e. The number of nitrogens with two attached hydrogens (primary N) is 1. The van der Waals surface area contributed by atoms with E-state index in [0.29, 0.717) is 17.9 Å². The third-order valence-electron chi connectivity index (χ3n) is 2.80. The van der Waals surface area contributed by atoms with Gasteiger partial charge < -0.3 is 10.5 Å². The van der Waals surface area contributed by atoms with Crippen LogP contribution in [0, 0.1) is 5.92 Å². The molecule has 0 unspecified atom stereocenters. The zero-order valence-corrected chi connectivity index (χ0v) is 12.7. The first-order valence-electron chi connectivity index (χ1n) is 6.16. The summed E-state index contributed by atoms with van der Waals surface area (Å²) in [7, 11) is -0.349. The van der Waals surface area contributed by atoms with E-state index in [1.54, 1.807) is 25.2 Å². The maximum Gasteiger partial charge on any atom is 0.242 e. The Bertz CT molecular complexity index is 527. The van der Waals surface area contributed by atoms with Crippen molar-refractivity contribution in [1.82, 2.24) is 4.31 Å². The van der Waals surface area contributed by atoms with Crippen molar-refractivity contribution in [2.24, 2.45) is 11.7 Å². The van der Waals surface area contributed by atoms with Gasteiger partial charge in [-0.3, -0.25) is 0 Å². The molecule has 0 aliphatic heterocycles. The lowest BCUT2D eigenvalue weighted by atomic mass is 10.2. The number of rotatable bonds is 6. The van der Waals surface area contributed by atoms with Gasteiger partial charge in [0, 0.05) is 25.7 Å². The molecule has 1 aromatic rings. The monoisotopic (exact) mass is 286 g/mol. The molecular weight excluding hydrogens is 264 g/mol. The highest BCUT2D eigenvalue weighted by molar-refractivity contribution is 7.89. The van der Waals surface area contributed by atoms with Gasteiger partial charge in [0.05, 0.1) is 12.0 Å². The SMILES string of the molecule is COc1ccc(S(=O)(=O)N(C)CC(C)C)cc1CN. The molecule has 2 N–H and O–H groups in total. The summed E-state index contributed by atoms with van der Waals surface area (Å²) in [6.45, 7) is 4.67. The molecule has 1 rings (SSSR count). The summed E-state index contributed by atoms with van der Waals surface area (Å²) in [5, 5.41) is 0. The van der Waals surface area contributed by atoms with Gasteiger partial charge in [-0.05, 0) is 24.1 Å². The fourth-order valence-corrected chi connectivity index (χ4v) is 3.25. The zero-order valence-electron chi connectivity index (χ0n) is 11.9. The second-order valence-electron chi connectivity index (χ2n) is 4.86. The number of hydrogen-bond acceptors (Lipinski definition) is 4. The van der Waals surface area contributed by atoms with Crippen LogP contribution in [0.2, 0.25) is 0 Å². The van der Waals surface area contributed by atoms with Crippen LogP contribution >= 0.6 is 0 Å². The van der Waals surface area contributed by atoms with Crippen molar-refractivity contribution in [3.8, 4) is 5.75 Å². The minimum atomic E-state index is -3.47. The third kappa shape index (κ3) is 3.68. The van der Waals surface area contributed by atoms with E-state index in [1.807, 2.05) is 13.8 Å². The molecule has 0 aliphatic carbocycles. The van der Waals surface area contributed by atoms with Gasteiger partial charge in [-0.2, -0.15) is 0 Å². The van der Waals surface area contributed by atoms with Gasteiger partial charge in [0.25, 0.3) is 0 Å². The van der Waals surface area contributed by atoms with E-state index in [1.165, 1.54) is 11.4 Å². The first-order chi connectivity index (χ1) is 8.82. The summed E-state index contributed by atoms with van der Waals surface area (Å²) in [5.74, 6) is 0.875. The number of sulfonamides is 1. The lowest BCUT2D eigenvalue weighted by molar-refractivity contribution is 0.408. The topological polar surface area (TPSA) is 72.6 Å². The van der Waals surface area contributed by atoms with Crippen LogP contribution in [-0.2, 0) is 16.6 Å². The van der Waals surface area contributed by atoms with E-state index in [4.69, 9.17) is 10.5 Å². The molecule has 0 fully saturated rings. The molecule has 0 saturated heterocycles. The highest BCUT2D eigenvalue weighted by Crippen LogP contribution is 2.24. The first-order valence-corrected chi connectivity index (χ1v) is 7.60. The van der Waals surface area contributed by atoms with E-state index in [2.05, 4.69) is 0 Å². The normalized spacial score (nSPS) is 12.2. The minimum absolute atomic E-state index is 0.237. The Morgan fingerprint density at radius 3 is 2.47 bits per heavy atom.